The van der Waals surface area contributed by atoms with Gasteiger partial charge in [-0.1, -0.05) is 394 Å². The van der Waals surface area contributed by atoms with Gasteiger partial charge in [0.1, 0.15) is 19.3 Å². The third-order valence-electron chi connectivity index (χ3n) is 19.5. The van der Waals surface area contributed by atoms with Gasteiger partial charge in [0.15, 0.2) is 12.2 Å². The predicted octanol–water partition coefficient (Wildman–Crippen LogP) is 25.2. The molecule has 5 atom stereocenters. The molecule has 0 aromatic rings. The highest BCUT2D eigenvalue weighted by atomic mass is 31.2. The lowest BCUT2D eigenvalue weighted by molar-refractivity contribution is -0.161. The topological polar surface area (TPSA) is 237 Å². The van der Waals surface area contributed by atoms with Crippen molar-refractivity contribution in [3.05, 3.63) is 0 Å². The Morgan fingerprint density at radius 2 is 0.451 bits per heavy atom. The standard InChI is InChI=1S/C83H162O17P2/c1-6-9-12-15-18-21-24-27-30-33-34-37-40-43-48-54-59-64-69-82(87)99-78(72-93-80(85)66-61-56-51-46-41-38-35-31-28-25-22-19-16-13-10-7-2)74-97-101(89,90)95-70-77(84)71-96-102(91,92)98-75-79(73-94-81(86)67-62-57-52-49-44-45-50-55-60-65-76(4)5)100-83(88)68-63-58-53-47-42-39-36-32-29-26-23-20-17-14-11-8-3/h76-79,84H,6-75H2,1-5H3,(H,89,90)(H,91,92)/t77-,78-,79-/m1/s1. The number of hydrogen-bond acceptors (Lipinski definition) is 15. The van der Waals surface area contributed by atoms with Gasteiger partial charge in [-0.25, -0.2) is 9.13 Å². The number of phosphoric ester groups is 2. The Morgan fingerprint density at radius 3 is 0.667 bits per heavy atom. The second kappa shape index (κ2) is 75.9. The normalized spacial score (nSPS) is 13.8. The summed E-state index contributed by atoms with van der Waals surface area (Å²) in [5.41, 5.74) is 0. The molecule has 0 amide bonds. The maximum absolute atomic E-state index is 13.1. The summed E-state index contributed by atoms with van der Waals surface area (Å²) in [6, 6.07) is 0. The molecule has 17 nitrogen and oxygen atoms in total. The number of rotatable bonds is 83. The first-order chi connectivity index (χ1) is 49.5. The van der Waals surface area contributed by atoms with Crippen molar-refractivity contribution in [2.45, 2.75) is 464 Å². The van der Waals surface area contributed by atoms with Gasteiger partial charge >= 0.3 is 39.5 Å². The molecule has 0 aromatic carbocycles. The van der Waals surface area contributed by atoms with Gasteiger partial charge in [-0.3, -0.25) is 37.3 Å². The van der Waals surface area contributed by atoms with Crippen molar-refractivity contribution in [2.24, 2.45) is 5.92 Å². The van der Waals surface area contributed by atoms with Gasteiger partial charge in [0.2, 0.25) is 0 Å². The van der Waals surface area contributed by atoms with E-state index in [1.54, 1.807) is 0 Å². The SMILES string of the molecule is CCCCCCCCCCCCCCCCCCCCC(=O)O[C@H](COC(=O)CCCCCCCCCCCCCCCCCC)COP(=O)(O)OC[C@@H](O)COP(=O)(O)OC[C@@H](COC(=O)CCCCCCCCCCCC(C)C)OC(=O)CCCCCCCCCCCCCCCCCC. The zero-order chi connectivity index (χ0) is 74.8. The Bertz CT molecular complexity index is 1940. The number of hydrogen-bond donors (Lipinski definition) is 3. The second-order valence-corrected chi connectivity index (χ2v) is 33.3. The average Bonchev–Trinajstić information content (AvgIpc) is 0.908. The first kappa shape index (κ1) is 100. The molecule has 0 aliphatic carbocycles. The number of aliphatic hydroxyl groups is 1. The molecule has 0 saturated carbocycles. The zero-order valence-corrected chi connectivity index (χ0v) is 68.5. The number of carbonyl (C=O) groups excluding carboxylic acids is 4. The van der Waals surface area contributed by atoms with E-state index in [-0.39, 0.29) is 25.7 Å². The number of aliphatic hydroxyl groups excluding tert-OH is 1. The molecule has 3 N–H and O–H groups in total. The predicted molar refractivity (Wildman–Crippen MR) is 418 cm³/mol. The van der Waals surface area contributed by atoms with Crippen LogP contribution in [-0.2, 0) is 65.4 Å². The lowest BCUT2D eigenvalue weighted by Crippen LogP contribution is -2.30. The molecule has 0 fully saturated rings. The minimum absolute atomic E-state index is 0.108. The highest BCUT2D eigenvalue weighted by Crippen LogP contribution is 2.45. The van der Waals surface area contributed by atoms with Crippen molar-refractivity contribution < 1.29 is 80.2 Å². The number of carbonyl (C=O) groups is 4. The molecule has 2 unspecified atom stereocenters. The van der Waals surface area contributed by atoms with Crippen molar-refractivity contribution in [1.29, 1.82) is 0 Å². The van der Waals surface area contributed by atoms with Crippen LogP contribution in [-0.4, -0.2) is 96.7 Å². The first-order valence-corrected chi connectivity index (χ1v) is 46.1. The summed E-state index contributed by atoms with van der Waals surface area (Å²) in [4.78, 5) is 73.2. The van der Waals surface area contributed by atoms with Gasteiger partial charge < -0.3 is 33.8 Å². The lowest BCUT2D eigenvalue weighted by Gasteiger charge is -2.21. The molecule has 0 saturated heterocycles. The molecule has 0 aliphatic heterocycles. The maximum Gasteiger partial charge on any atom is 0.472 e. The van der Waals surface area contributed by atoms with E-state index >= 15 is 0 Å². The van der Waals surface area contributed by atoms with Crippen LogP contribution in [0.2, 0.25) is 0 Å². The molecular weight excluding hydrogens is 1330 g/mol. The largest absolute Gasteiger partial charge is 0.472 e. The summed E-state index contributed by atoms with van der Waals surface area (Å²) < 4.78 is 68.8. The Hall–Kier alpha value is -1.94. The van der Waals surface area contributed by atoms with Crippen molar-refractivity contribution in [2.75, 3.05) is 39.6 Å². The van der Waals surface area contributed by atoms with E-state index in [0.717, 1.165) is 95.8 Å². The molecule has 0 radical (unpaired) electrons. The van der Waals surface area contributed by atoms with Gasteiger partial charge in [-0.2, -0.15) is 0 Å². The smallest absolute Gasteiger partial charge is 0.462 e. The number of esters is 4. The second-order valence-electron chi connectivity index (χ2n) is 30.3. The van der Waals surface area contributed by atoms with Crippen LogP contribution < -0.4 is 0 Å². The van der Waals surface area contributed by atoms with Gasteiger partial charge in [-0.05, 0) is 31.6 Å². The third-order valence-corrected chi connectivity index (χ3v) is 21.4. The zero-order valence-electron chi connectivity index (χ0n) is 66.8. The molecule has 0 aliphatic rings. The maximum atomic E-state index is 13.1. The van der Waals surface area contributed by atoms with E-state index in [2.05, 4.69) is 34.6 Å². The van der Waals surface area contributed by atoms with E-state index in [0.29, 0.717) is 25.7 Å². The van der Waals surface area contributed by atoms with Crippen LogP contribution in [0.4, 0.5) is 0 Å². The first-order valence-electron chi connectivity index (χ1n) is 43.1. The number of phosphoric acid groups is 2. The van der Waals surface area contributed by atoms with Crippen LogP contribution in [0.1, 0.15) is 446 Å². The molecular formula is C83H162O17P2. The molecule has 0 aromatic heterocycles. The molecule has 0 heterocycles. The van der Waals surface area contributed by atoms with Crippen molar-refractivity contribution in [3.8, 4) is 0 Å². The monoisotopic (exact) mass is 1490 g/mol. The summed E-state index contributed by atoms with van der Waals surface area (Å²) in [6.07, 6.45) is 67.9. The highest BCUT2D eigenvalue weighted by Gasteiger charge is 2.30. The minimum atomic E-state index is -4.96. The van der Waals surface area contributed by atoms with Crippen LogP contribution in [0.3, 0.4) is 0 Å². The molecule has 0 spiro atoms. The van der Waals surface area contributed by atoms with E-state index in [1.165, 1.54) is 270 Å². The van der Waals surface area contributed by atoms with Crippen LogP contribution >= 0.6 is 15.6 Å². The van der Waals surface area contributed by atoms with Gasteiger partial charge in [0.05, 0.1) is 26.4 Å². The summed E-state index contributed by atoms with van der Waals surface area (Å²) >= 11 is 0. The van der Waals surface area contributed by atoms with E-state index in [1.807, 2.05) is 0 Å². The Labute approximate surface area is 626 Å². The van der Waals surface area contributed by atoms with Crippen LogP contribution in [0.25, 0.3) is 0 Å². The fraction of sp³-hybridized carbons (Fsp3) is 0.952. The Morgan fingerprint density at radius 1 is 0.265 bits per heavy atom. The minimum Gasteiger partial charge on any atom is -0.462 e. The van der Waals surface area contributed by atoms with Crippen molar-refractivity contribution >= 4 is 39.5 Å². The van der Waals surface area contributed by atoms with E-state index < -0.39 is 97.5 Å². The summed E-state index contributed by atoms with van der Waals surface area (Å²) in [6.45, 7) is 7.34. The van der Waals surface area contributed by atoms with E-state index in [4.69, 9.17) is 37.0 Å². The van der Waals surface area contributed by atoms with Gasteiger partial charge in [0.25, 0.3) is 0 Å². The van der Waals surface area contributed by atoms with Crippen LogP contribution in [0.5, 0.6) is 0 Å². The molecule has 0 rings (SSSR count). The number of ether oxygens (including phenoxy) is 4. The molecule has 0 bridgehead atoms. The molecule has 19 heteroatoms. The summed E-state index contributed by atoms with van der Waals surface area (Å²) in [5.74, 6) is -1.36. The quantitative estimate of drug-likeness (QED) is 0.0222. The highest BCUT2D eigenvalue weighted by molar-refractivity contribution is 7.47. The summed E-state index contributed by atoms with van der Waals surface area (Å²) in [7, 11) is -9.92. The fourth-order valence-corrected chi connectivity index (χ4v) is 14.5. The van der Waals surface area contributed by atoms with Gasteiger partial charge in [-0.15, -0.1) is 0 Å². The number of unbranched alkanes of at least 4 members (excludes halogenated alkanes) is 55. The Balaban J connectivity index is 5.26. The van der Waals surface area contributed by atoms with E-state index in [9.17, 15) is 43.2 Å². The van der Waals surface area contributed by atoms with Crippen molar-refractivity contribution in [1.82, 2.24) is 0 Å². The van der Waals surface area contributed by atoms with Gasteiger partial charge in [0, 0.05) is 25.7 Å². The fourth-order valence-electron chi connectivity index (χ4n) is 12.9. The average molecular weight is 1490 g/mol. The molecule has 606 valence electrons. The summed E-state index contributed by atoms with van der Waals surface area (Å²) in [5, 5.41) is 10.7. The molecule has 102 heavy (non-hydrogen) atoms. The lowest BCUT2D eigenvalue weighted by atomic mass is 10.0. The van der Waals surface area contributed by atoms with Crippen molar-refractivity contribution in [3.63, 3.8) is 0 Å². The third kappa shape index (κ3) is 76.3. The van der Waals surface area contributed by atoms with Crippen LogP contribution in [0.15, 0.2) is 0 Å². The van der Waals surface area contributed by atoms with Crippen LogP contribution in [0, 0.1) is 5.92 Å². The Kier molecular flexibility index (Phi) is 74.4.